The third-order valence-corrected chi connectivity index (χ3v) is 4.99. The number of nitrogens with zero attached hydrogens (tertiary/aromatic N) is 1. The van der Waals surface area contributed by atoms with Gasteiger partial charge < -0.3 is 14.8 Å². The summed E-state index contributed by atoms with van der Waals surface area (Å²) in [5.74, 6) is -0.891. The van der Waals surface area contributed by atoms with Crippen molar-refractivity contribution in [2.75, 3.05) is 6.54 Å². The maximum Gasteiger partial charge on any atom is 0.420 e. The summed E-state index contributed by atoms with van der Waals surface area (Å²) in [5.41, 5.74) is 2.44. The molecule has 134 valence electrons. The molecule has 1 aliphatic carbocycles. The minimum absolute atomic E-state index is 0.136. The van der Waals surface area contributed by atoms with E-state index in [-0.39, 0.29) is 19.0 Å². The molecule has 1 atom stereocenters. The number of fused-ring (bicyclic) bond motifs is 2. The topological polar surface area (TPSA) is 84.5 Å². The molecule has 0 radical (unpaired) electrons. The van der Waals surface area contributed by atoms with Gasteiger partial charge in [-0.25, -0.2) is 4.79 Å². The molecule has 1 heterocycles. The number of oxazole rings is 1. The molecule has 4 rings (SSSR count). The number of nitrogens with one attached hydrogen (secondary N) is 1. The zero-order valence-electron chi connectivity index (χ0n) is 14.3. The molecule has 3 aromatic rings. The van der Waals surface area contributed by atoms with Gasteiger partial charge in [0.15, 0.2) is 5.58 Å². The van der Waals surface area contributed by atoms with Crippen LogP contribution in [0.1, 0.15) is 17.5 Å². The van der Waals surface area contributed by atoms with E-state index in [2.05, 4.69) is 11.4 Å². The van der Waals surface area contributed by atoms with E-state index in [1.165, 1.54) is 10.1 Å². The average molecular weight is 352 g/mol. The van der Waals surface area contributed by atoms with E-state index in [0.717, 1.165) is 12.0 Å². The number of aromatic nitrogens is 1. The first-order valence-electron chi connectivity index (χ1n) is 8.68. The second-order valence-corrected chi connectivity index (χ2v) is 6.87. The van der Waals surface area contributed by atoms with E-state index in [1.54, 1.807) is 24.3 Å². The fourth-order valence-corrected chi connectivity index (χ4v) is 3.56. The number of rotatable bonds is 4. The number of amides is 1. The predicted molar refractivity (Wildman–Crippen MR) is 96.9 cm³/mol. The standard InChI is InChI=1S/C20H20N2O4/c23-18(12-22-16-7-3-4-8-17(16)26-19(22)24)21-13-20(25)10-9-14-5-1-2-6-15(14)11-20/h1-8,25H,9-13H2,(H,21,23)/t20-/m0/s1. The first-order valence-corrected chi connectivity index (χ1v) is 8.68. The highest BCUT2D eigenvalue weighted by atomic mass is 16.4. The summed E-state index contributed by atoms with van der Waals surface area (Å²) in [4.78, 5) is 24.3. The fourth-order valence-electron chi connectivity index (χ4n) is 3.56. The van der Waals surface area contributed by atoms with Gasteiger partial charge in [-0.3, -0.25) is 9.36 Å². The Bertz CT molecular complexity index is 1020. The summed E-state index contributed by atoms with van der Waals surface area (Å²) in [6, 6.07) is 15.0. The van der Waals surface area contributed by atoms with Crippen LogP contribution >= 0.6 is 0 Å². The van der Waals surface area contributed by atoms with E-state index in [9.17, 15) is 14.7 Å². The smallest absolute Gasteiger partial charge is 0.408 e. The molecule has 0 saturated carbocycles. The Hall–Kier alpha value is -2.86. The van der Waals surface area contributed by atoms with Gasteiger partial charge in [-0.05, 0) is 36.1 Å². The Kier molecular flexibility index (Phi) is 4.12. The van der Waals surface area contributed by atoms with Crippen LogP contribution in [0.2, 0.25) is 0 Å². The molecule has 1 aliphatic rings. The van der Waals surface area contributed by atoms with Crippen molar-refractivity contribution in [2.45, 2.75) is 31.4 Å². The van der Waals surface area contributed by atoms with E-state index in [4.69, 9.17) is 4.42 Å². The summed E-state index contributed by atoms with van der Waals surface area (Å²) in [6.07, 6.45) is 1.89. The number of hydrogen-bond acceptors (Lipinski definition) is 4. The van der Waals surface area contributed by atoms with E-state index in [0.29, 0.717) is 23.9 Å². The molecule has 0 bridgehead atoms. The van der Waals surface area contributed by atoms with E-state index in [1.807, 2.05) is 18.2 Å². The van der Waals surface area contributed by atoms with Crippen molar-refractivity contribution in [2.24, 2.45) is 0 Å². The van der Waals surface area contributed by atoms with Gasteiger partial charge in [-0.1, -0.05) is 36.4 Å². The molecule has 0 saturated heterocycles. The number of carbonyl (C=O) groups excluding carboxylic acids is 1. The number of carbonyl (C=O) groups is 1. The van der Waals surface area contributed by atoms with Crippen LogP contribution in [0, 0.1) is 0 Å². The Labute approximate surface area is 150 Å². The van der Waals surface area contributed by atoms with Gasteiger partial charge in [0.1, 0.15) is 6.54 Å². The zero-order chi connectivity index (χ0) is 18.1. The summed E-state index contributed by atoms with van der Waals surface area (Å²) < 4.78 is 6.43. The zero-order valence-corrected chi connectivity index (χ0v) is 14.3. The van der Waals surface area contributed by atoms with E-state index >= 15 is 0 Å². The van der Waals surface area contributed by atoms with E-state index < -0.39 is 11.4 Å². The molecule has 2 N–H and O–H groups in total. The summed E-state index contributed by atoms with van der Waals surface area (Å²) >= 11 is 0. The monoisotopic (exact) mass is 352 g/mol. The quantitative estimate of drug-likeness (QED) is 0.747. The third kappa shape index (κ3) is 3.15. The van der Waals surface area contributed by atoms with Crippen LogP contribution in [0.15, 0.2) is 57.7 Å². The summed E-state index contributed by atoms with van der Waals surface area (Å²) in [7, 11) is 0. The average Bonchev–Trinajstić information content (AvgIpc) is 2.95. The number of benzene rings is 2. The van der Waals surface area contributed by atoms with Gasteiger partial charge in [-0.2, -0.15) is 0 Å². The van der Waals surface area contributed by atoms with Crippen LogP contribution in [0.25, 0.3) is 11.1 Å². The normalized spacial score (nSPS) is 19.3. The number of para-hydroxylation sites is 2. The van der Waals surface area contributed by atoms with Crippen molar-refractivity contribution < 1.29 is 14.3 Å². The molecular formula is C20H20N2O4. The maximum absolute atomic E-state index is 12.3. The van der Waals surface area contributed by atoms with Crippen molar-refractivity contribution in [1.29, 1.82) is 0 Å². The molecule has 2 aromatic carbocycles. The second kappa shape index (κ2) is 6.46. The van der Waals surface area contributed by atoms with Gasteiger partial charge in [-0.15, -0.1) is 0 Å². The molecule has 26 heavy (non-hydrogen) atoms. The van der Waals surface area contributed by atoms with Crippen LogP contribution in [0.4, 0.5) is 0 Å². The number of aryl methyl sites for hydroxylation is 1. The van der Waals surface area contributed by atoms with Crippen LogP contribution in [-0.4, -0.2) is 27.7 Å². The molecule has 0 spiro atoms. The lowest BCUT2D eigenvalue weighted by Crippen LogP contribution is -2.47. The van der Waals surface area contributed by atoms with Crippen molar-refractivity contribution in [3.63, 3.8) is 0 Å². The van der Waals surface area contributed by atoms with Gasteiger partial charge in [0.05, 0.1) is 11.1 Å². The highest BCUT2D eigenvalue weighted by Crippen LogP contribution is 2.28. The van der Waals surface area contributed by atoms with Crippen LogP contribution < -0.4 is 11.1 Å². The number of aliphatic hydroxyl groups is 1. The minimum Gasteiger partial charge on any atom is -0.408 e. The van der Waals surface area contributed by atoms with Gasteiger partial charge in [0.2, 0.25) is 5.91 Å². The predicted octanol–water partition coefficient (Wildman–Crippen LogP) is 1.63. The molecule has 6 heteroatoms. The molecule has 1 aromatic heterocycles. The first-order chi connectivity index (χ1) is 12.5. The maximum atomic E-state index is 12.3. The van der Waals surface area contributed by atoms with Gasteiger partial charge >= 0.3 is 5.76 Å². The lowest BCUT2D eigenvalue weighted by molar-refractivity contribution is -0.123. The van der Waals surface area contributed by atoms with Crippen molar-refractivity contribution in [3.8, 4) is 0 Å². The van der Waals surface area contributed by atoms with Crippen LogP contribution in [-0.2, 0) is 24.2 Å². The molecule has 6 nitrogen and oxygen atoms in total. The highest BCUT2D eigenvalue weighted by Gasteiger charge is 2.32. The SMILES string of the molecule is O=C(Cn1c(=O)oc2ccccc21)NC[C@]1(O)CCc2ccccc2C1. The second-order valence-electron chi connectivity index (χ2n) is 6.87. The van der Waals surface area contributed by atoms with Gasteiger partial charge in [0.25, 0.3) is 0 Å². The third-order valence-electron chi connectivity index (χ3n) is 4.99. The highest BCUT2D eigenvalue weighted by molar-refractivity contribution is 5.79. The molecule has 0 unspecified atom stereocenters. The summed E-state index contributed by atoms with van der Waals surface area (Å²) in [5, 5.41) is 13.6. The molecular weight excluding hydrogens is 332 g/mol. The molecule has 0 aliphatic heterocycles. The Morgan fingerprint density at radius 2 is 1.88 bits per heavy atom. The Morgan fingerprint density at radius 3 is 2.73 bits per heavy atom. The van der Waals surface area contributed by atoms with Crippen LogP contribution in [0.3, 0.4) is 0 Å². The van der Waals surface area contributed by atoms with Crippen molar-refractivity contribution >= 4 is 17.0 Å². The lowest BCUT2D eigenvalue weighted by atomic mass is 9.80. The fraction of sp³-hybridized carbons (Fsp3) is 0.300. The first kappa shape index (κ1) is 16.6. The Balaban J connectivity index is 1.43. The molecule has 1 amide bonds. The van der Waals surface area contributed by atoms with Crippen molar-refractivity contribution in [1.82, 2.24) is 9.88 Å². The minimum atomic E-state index is -0.965. The Morgan fingerprint density at radius 1 is 1.15 bits per heavy atom. The number of hydrogen-bond donors (Lipinski definition) is 2. The van der Waals surface area contributed by atoms with Gasteiger partial charge in [0, 0.05) is 13.0 Å². The van der Waals surface area contributed by atoms with Crippen LogP contribution in [0.5, 0.6) is 0 Å². The molecule has 0 fully saturated rings. The van der Waals surface area contributed by atoms with Crippen molar-refractivity contribution in [3.05, 3.63) is 70.2 Å². The lowest BCUT2D eigenvalue weighted by Gasteiger charge is -2.33. The largest absolute Gasteiger partial charge is 0.420 e. The summed E-state index contributed by atoms with van der Waals surface area (Å²) in [6.45, 7) is 0.0210.